The molecule has 5 rings (SSSR count). The second-order valence-electron chi connectivity index (χ2n) is 8.41. The van der Waals surface area contributed by atoms with Gasteiger partial charge in [0.15, 0.2) is 11.6 Å². The predicted octanol–water partition coefficient (Wildman–Crippen LogP) is 4.90. The van der Waals surface area contributed by atoms with Gasteiger partial charge in [0, 0.05) is 26.1 Å². The molecule has 8 heteroatoms. The van der Waals surface area contributed by atoms with Crippen molar-refractivity contribution in [3.8, 4) is 11.6 Å². The number of piperidine rings is 1. The van der Waals surface area contributed by atoms with E-state index in [0.29, 0.717) is 42.1 Å². The van der Waals surface area contributed by atoms with Crippen LogP contribution in [0.3, 0.4) is 0 Å². The summed E-state index contributed by atoms with van der Waals surface area (Å²) < 4.78 is 20.3. The van der Waals surface area contributed by atoms with E-state index in [-0.39, 0.29) is 11.7 Å². The van der Waals surface area contributed by atoms with Crippen LogP contribution in [-0.2, 0) is 13.0 Å². The van der Waals surface area contributed by atoms with Crippen LogP contribution in [0.15, 0.2) is 41.8 Å². The van der Waals surface area contributed by atoms with E-state index in [2.05, 4.69) is 11.8 Å². The lowest BCUT2D eigenvalue weighted by molar-refractivity contribution is 0.0737. The number of aromatic nitrogens is 2. The van der Waals surface area contributed by atoms with Crippen LogP contribution in [0.2, 0.25) is 0 Å². The fourth-order valence-electron chi connectivity index (χ4n) is 4.17. The summed E-state index contributed by atoms with van der Waals surface area (Å²) in [6.07, 6.45) is 2.79. The number of hydrogen-bond acceptors (Lipinski definition) is 6. The molecule has 0 radical (unpaired) electrons. The molecule has 0 saturated carbocycles. The average molecular weight is 453 g/mol. The molecule has 0 aliphatic carbocycles. The van der Waals surface area contributed by atoms with Gasteiger partial charge in [-0.2, -0.15) is 4.98 Å². The first-order valence-electron chi connectivity index (χ1n) is 11.0. The Bertz CT molecular complexity index is 1110. The maximum Gasteiger partial charge on any atom is 0.264 e. The lowest BCUT2D eigenvalue weighted by atomic mass is 9.99. The lowest BCUT2D eigenvalue weighted by Gasteiger charge is -2.33. The van der Waals surface area contributed by atoms with Gasteiger partial charge in [0.25, 0.3) is 5.91 Å². The Morgan fingerprint density at radius 2 is 1.94 bits per heavy atom. The van der Waals surface area contributed by atoms with Gasteiger partial charge in [-0.1, -0.05) is 25.1 Å². The smallest absolute Gasteiger partial charge is 0.264 e. The van der Waals surface area contributed by atoms with E-state index < -0.39 is 5.82 Å². The molecule has 2 aliphatic heterocycles. The van der Waals surface area contributed by atoms with Gasteiger partial charge in [0.1, 0.15) is 0 Å². The summed E-state index contributed by atoms with van der Waals surface area (Å²) in [6.45, 7) is 4.96. The van der Waals surface area contributed by atoms with Crippen LogP contribution in [0.25, 0.3) is 0 Å². The monoisotopic (exact) mass is 452 g/mol. The predicted molar refractivity (Wildman–Crippen MR) is 122 cm³/mol. The summed E-state index contributed by atoms with van der Waals surface area (Å²) in [4.78, 5) is 27.2. The second kappa shape index (κ2) is 8.86. The third-order valence-electron chi connectivity index (χ3n) is 6.14. The molecular formula is C24H25FN4O2S. The molecule has 166 valence electrons. The Hall–Kier alpha value is -3.00. The molecule has 0 spiro atoms. The Labute approximate surface area is 190 Å². The number of amides is 1. The van der Waals surface area contributed by atoms with Crippen molar-refractivity contribution in [2.45, 2.75) is 32.7 Å². The number of hydrogen-bond donors (Lipinski definition) is 0. The quantitative estimate of drug-likeness (QED) is 0.563. The minimum atomic E-state index is -0.449. The highest BCUT2D eigenvalue weighted by Crippen LogP contribution is 2.33. The summed E-state index contributed by atoms with van der Waals surface area (Å²) in [7, 11) is 0. The minimum Gasteiger partial charge on any atom is -0.435 e. The molecule has 3 aromatic rings. The van der Waals surface area contributed by atoms with Crippen LogP contribution in [0.4, 0.5) is 10.3 Å². The highest BCUT2D eigenvalue weighted by molar-refractivity contribution is 7.12. The number of thiophene rings is 1. The van der Waals surface area contributed by atoms with E-state index in [0.717, 1.165) is 37.2 Å². The number of anilines is 1. The van der Waals surface area contributed by atoms with Crippen molar-refractivity contribution < 1.29 is 13.9 Å². The molecule has 2 aliphatic rings. The highest BCUT2D eigenvalue weighted by Gasteiger charge is 2.29. The van der Waals surface area contributed by atoms with Crippen molar-refractivity contribution in [2.24, 2.45) is 5.92 Å². The first kappa shape index (κ1) is 20.9. The van der Waals surface area contributed by atoms with E-state index in [1.807, 2.05) is 17.5 Å². The summed E-state index contributed by atoms with van der Waals surface area (Å²) in [5.74, 6) is 1.30. The molecular weight excluding hydrogens is 427 g/mol. The van der Waals surface area contributed by atoms with E-state index in [4.69, 9.17) is 14.7 Å². The fraction of sp³-hybridized carbons (Fsp3) is 0.375. The minimum absolute atomic E-state index is 0.0170. The lowest BCUT2D eigenvalue weighted by Crippen LogP contribution is -2.38. The van der Waals surface area contributed by atoms with Crippen molar-refractivity contribution >= 4 is 23.2 Å². The van der Waals surface area contributed by atoms with Crippen LogP contribution in [0.5, 0.6) is 11.6 Å². The molecule has 0 unspecified atom stereocenters. The molecule has 1 fully saturated rings. The van der Waals surface area contributed by atoms with Gasteiger partial charge < -0.3 is 14.5 Å². The van der Waals surface area contributed by atoms with Gasteiger partial charge in [0.05, 0.1) is 22.7 Å². The maximum absolute atomic E-state index is 14.4. The topological polar surface area (TPSA) is 58.6 Å². The zero-order valence-electron chi connectivity index (χ0n) is 18.0. The third-order valence-corrected chi connectivity index (χ3v) is 7.00. The number of rotatable bonds is 4. The third kappa shape index (κ3) is 4.19. The summed E-state index contributed by atoms with van der Waals surface area (Å²) in [6, 6.07) is 10.0. The van der Waals surface area contributed by atoms with Crippen LogP contribution in [0, 0.1) is 11.7 Å². The number of benzene rings is 1. The van der Waals surface area contributed by atoms with Crippen molar-refractivity contribution in [3.05, 3.63) is 63.7 Å². The van der Waals surface area contributed by atoms with E-state index >= 15 is 0 Å². The average Bonchev–Trinajstić information content (AvgIpc) is 3.35. The highest BCUT2D eigenvalue weighted by atomic mass is 32.1. The van der Waals surface area contributed by atoms with E-state index in [1.54, 1.807) is 23.1 Å². The van der Waals surface area contributed by atoms with E-state index in [1.165, 1.54) is 17.4 Å². The van der Waals surface area contributed by atoms with Gasteiger partial charge in [0.2, 0.25) is 11.8 Å². The molecule has 1 aromatic carbocycles. The first-order valence-corrected chi connectivity index (χ1v) is 11.9. The molecule has 0 atom stereocenters. The van der Waals surface area contributed by atoms with Gasteiger partial charge in [-0.05, 0) is 42.3 Å². The molecule has 4 heterocycles. The van der Waals surface area contributed by atoms with Crippen LogP contribution < -0.4 is 9.64 Å². The zero-order chi connectivity index (χ0) is 22.1. The number of halogens is 1. The van der Waals surface area contributed by atoms with Crippen molar-refractivity contribution in [3.63, 3.8) is 0 Å². The van der Waals surface area contributed by atoms with Gasteiger partial charge in [-0.15, -0.1) is 11.3 Å². The molecule has 32 heavy (non-hydrogen) atoms. The summed E-state index contributed by atoms with van der Waals surface area (Å²) in [5, 5.41) is 1.90. The number of para-hydroxylation sites is 1. The Morgan fingerprint density at radius 1 is 1.12 bits per heavy atom. The van der Waals surface area contributed by atoms with Crippen LogP contribution >= 0.6 is 11.3 Å². The summed E-state index contributed by atoms with van der Waals surface area (Å²) in [5.41, 5.74) is 1.62. The molecule has 6 nitrogen and oxygen atoms in total. The second-order valence-corrected chi connectivity index (χ2v) is 9.36. The SMILES string of the molecule is CC1CCN(c2nc3c(c(Oc4ccccc4F)n2)CN(C(=O)c2cccs2)CC3)CC1. The van der Waals surface area contributed by atoms with Gasteiger partial charge in [-0.25, -0.2) is 9.37 Å². The zero-order valence-corrected chi connectivity index (χ0v) is 18.8. The number of ether oxygens (including phenoxy) is 1. The number of carbonyl (C=O) groups is 1. The number of carbonyl (C=O) groups excluding carboxylic acids is 1. The van der Waals surface area contributed by atoms with Crippen LogP contribution in [-0.4, -0.2) is 40.4 Å². The molecule has 0 N–H and O–H groups in total. The number of nitrogens with zero attached hydrogens (tertiary/aromatic N) is 4. The molecule has 1 amide bonds. The van der Waals surface area contributed by atoms with E-state index in [9.17, 15) is 9.18 Å². The fourth-order valence-corrected chi connectivity index (χ4v) is 4.86. The Balaban J connectivity index is 1.49. The largest absolute Gasteiger partial charge is 0.435 e. The van der Waals surface area contributed by atoms with Crippen molar-refractivity contribution in [2.75, 3.05) is 24.5 Å². The molecule has 1 saturated heterocycles. The molecule has 2 aromatic heterocycles. The normalized spacial score (nSPS) is 16.7. The Morgan fingerprint density at radius 3 is 2.69 bits per heavy atom. The summed E-state index contributed by atoms with van der Waals surface area (Å²) >= 11 is 1.43. The number of fused-ring (bicyclic) bond motifs is 1. The van der Waals surface area contributed by atoms with Crippen molar-refractivity contribution in [1.29, 1.82) is 0 Å². The molecule has 0 bridgehead atoms. The van der Waals surface area contributed by atoms with Crippen LogP contribution in [0.1, 0.15) is 40.7 Å². The van der Waals surface area contributed by atoms with Gasteiger partial charge >= 0.3 is 0 Å². The van der Waals surface area contributed by atoms with Crippen molar-refractivity contribution in [1.82, 2.24) is 14.9 Å². The standard InChI is InChI=1S/C24H25FN4O2S/c1-16-8-11-28(12-9-16)24-26-19-10-13-29(23(30)21-7-4-14-32-21)15-17(19)22(27-24)31-20-6-3-2-5-18(20)25/h2-7,14,16H,8-13,15H2,1H3. The first-order chi connectivity index (χ1) is 15.6. The Kier molecular flexibility index (Phi) is 5.78. The maximum atomic E-state index is 14.4. The van der Waals surface area contributed by atoms with Gasteiger partial charge in [-0.3, -0.25) is 4.79 Å².